The van der Waals surface area contributed by atoms with Gasteiger partial charge in [-0.15, -0.1) is 0 Å². The lowest BCUT2D eigenvalue weighted by atomic mass is 10.1. The van der Waals surface area contributed by atoms with Crippen LogP contribution in [0.25, 0.3) is 16.9 Å². The van der Waals surface area contributed by atoms with Crippen LogP contribution in [0, 0.1) is 0 Å². The molecule has 4 nitrogen and oxygen atoms in total. The predicted molar refractivity (Wildman–Crippen MR) is 81.4 cm³/mol. The zero-order valence-electron chi connectivity index (χ0n) is 11.1. The van der Waals surface area contributed by atoms with Gasteiger partial charge in [-0.1, -0.05) is 0 Å². The maximum Gasteiger partial charge on any atom is 0.137 e. The van der Waals surface area contributed by atoms with Gasteiger partial charge >= 0.3 is 0 Å². The summed E-state index contributed by atoms with van der Waals surface area (Å²) in [7, 11) is 3.28. The smallest absolute Gasteiger partial charge is 0.137 e. The van der Waals surface area contributed by atoms with Crippen molar-refractivity contribution < 1.29 is 9.47 Å². The zero-order chi connectivity index (χ0) is 14.1. The minimum Gasteiger partial charge on any atom is -0.497 e. The number of fused-ring (bicyclic) bond motifs is 1. The third-order valence-corrected chi connectivity index (χ3v) is 3.57. The Morgan fingerprint density at radius 1 is 1.05 bits per heavy atom. The highest BCUT2D eigenvalue weighted by Gasteiger charge is 2.11. The Hall–Kier alpha value is -2.01. The number of hydrogen-bond acceptors (Lipinski definition) is 3. The first kappa shape index (κ1) is 13.0. The van der Waals surface area contributed by atoms with Gasteiger partial charge < -0.3 is 13.9 Å². The molecule has 5 heteroatoms. The summed E-state index contributed by atoms with van der Waals surface area (Å²) in [5.41, 5.74) is 2.69. The van der Waals surface area contributed by atoms with E-state index < -0.39 is 0 Å². The summed E-state index contributed by atoms with van der Waals surface area (Å²) in [5, 5.41) is 0. The number of pyridine rings is 1. The number of aromatic nitrogens is 2. The number of halogens is 1. The fourth-order valence-corrected chi connectivity index (χ4v) is 2.46. The van der Waals surface area contributed by atoms with Crippen LogP contribution in [0.5, 0.6) is 11.5 Å². The Bertz CT molecular complexity index is 768. The lowest BCUT2D eigenvalue weighted by Gasteiger charge is -2.08. The summed E-state index contributed by atoms with van der Waals surface area (Å²) in [4.78, 5) is 4.61. The van der Waals surface area contributed by atoms with Crippen molar-refractivity contribution >= 4 is 21.6 Å². The molecular weight excluding hydrogens is 320 g/mol. The molecule has 0 atom stereocenters. The van der Waals surface area contributed by atoms with Gasteiger partial charge in [-0.2, -0.15) is 0 Å². The number of rotatable bonds is 3. The second kappa shape index (κ2) is 5.17. The molecule has 0 aliphatic rings. The van der Waals surface area contributed by atoms with Crippen LogP contribution in [0.1, 0.15) is 0 Å². The van der Waals surface area contributed by atoms with Crippen molar-refractivity contribution in [1.82, 2.24) is 9.38 Å². The van der Waals surface area contributed by atoms with E-state index in [4.69, 9.17) is 9.47 Å². The molecule has 0 saturated carbocycles. The van der Waals surface area contributed by atoms with Crippen molar-refractivity contribution in [3.63, 3.8) is 0 Å². The highest BCUT2D eigenvalue weighted by Crippen LogP contribution is 2.32. The minimum atomic E-state index is 0.742. The first-order valence-corrected chi connectivity index (χ1v) is 6.87. The topological polar surface area (TPSA) is 35.8 Å². The van der Waals surface area contributed by atoms with Crippen molar-refractivity contribution in [2.24, 2.45) is 0 Å². The van der Waals surface area contributed by atoms with Gasteiger partial charge in [0.1, 0.15) is 17.1 Å². The molecular formula is C15H13BrN2O2. The highest BCUT2D eigenvalue weighted by atomic mass is 79.9. The molecule has 0 spiro atoms. The van der Waals surface area contributed by atoms with Crippen LogP contribution in [0.3, 0.4) is 0 Å². The minimum absolute atomic E-state index is 0.742. The summed E-state index contributed by atoms with van der Waals surface area (Å²) < 4.78 is 13.6. The van der Waals surface area contributed by atoms with Crippen molar-refractivity contribution in [2.45, 2.75) is 0 Å². The monoisotopic (exact) mass is 332 g/mol. The van der Waals surface area contributed by atoms with E-state index >= 15 is 0 Å². The van der Waals surface area contributed by atoms with Crippen LogP contribution in [-0.4, -0.2) is 23.6 Å². The van der Waals surface area contributed by atoms with E-state index in [1.807, 2.05) is 47.1 Å². The summed E-state index contributed by atoms with van der Waals surface area (Å²) in [6.45, 7) is 0. The molecule has 0 saturated heterocycles. The van der Waals surface area contributed by atoms with Crippen LogP contribution in [0.15, 0.2) is 47.2 Å². The first-order chi connectivity index (χ1) is 9.71. The van der Waals surface area contributed by atoms with E-state index in [1.54, 1.807) is 14.2 Å². The van der Waals surface area contributed by atoms with Gasteiger partial charge in [-0.05, 0) is 40.2 Å². The van der Waals surface area contributed by atoms with E-state index in [1.165, 1.54) is 0 Å². The molecule has 0 unspecified atom stereocenters. The average Bonchev–Trinajstić information content (AvgIpc) is 2.89. The largest absolute Gasteiger partial charge is 0.497 e. The number of nitrogens with zero attached hydrogens (tertiary/aromatic N) is 2. The number of hydrogen-bond donors (Lipinski definition) is 0. The molecule has 3 aromatic rings. The molecule has 0 fully saturated rings. The molecule has 0 aliphatic heterocycles. The fourth-order valence-electron chi connectivity index (χ4n) is 2.10. The second-order valence-electron chi connectivity index (χ2n) is 4.31. The van der Waals surface area contributed by atoms with E-state index in [-0.39, 0.29) is 0 Å². The summed E-state index contributed by atoms with van der Waals surface area (Å²) in [5.74, 6) is 1.50. The van der Waals surface area contributed by atoms with Gasteiger partial charge in [0.05, 0.1) is 19.9 Å². The zero-order valence-corrected chi connectivity index (χ0v) is 12.7. The molecule has 0 radical (unpaired) electrons. The van der Waals surface area contributed by atoms with Crippen molar-refractivity contribution in [3.8, 4) is 22.8 Å². The van der Waals surface area contributed by atoms with Gasteiger partial charge in [0.25, 0.3) is 0 Å². The Morgan fingerprint density at radius 3 is 2.65 bits per heavy atom. The Labute approximate surface area is 125 Å². The van der Waals surface area contributed by atoms with E-state index in [9.17, 15) is 0 Å². The van der Waals surface area contributed by atoms with E-state index in [0.29, 0.717) is 0 Å². The lowest BCUT2D eigenvalue weighted by molar-refractivity contribution is 0.395. The van der Waals surface area contributed by atoms with Crippen molar-refractivity contribution in [3.05, 3.63) is 47.2 Å². The first-order valence-electron chi connectivity index (χ1n) is 6.08. The molecule has 3 rings (SSSR count). The van der Waals surface area contributed by atoms with Crippen molar-refractivity contribution in [1.29, 1.82) is 0 Å². The summed E-state index contributed by atoms with van der Waals surface area (Å²) in [6, 6.07) is 9.64. The Balaban J connectivity index is 2.14. The van der Waals surface area contributed by atoms with Gasteiger partial charge in [0.2, 0.25) is 0 Å². The average molecular weight is 333 g/mol. The number of imidazole rings is 1. The molecule has 20 heavy (non-hydrogen) atoms. The van der Waals surface area contributed by atoms with Gasteiger partial charge in [-0.25, -0.2) is 4.98 Å². The SMILES string of the molecule is COc1ccc(-c2cn3cc(Br)ccc3n2)c(OC)c1. The normalized spacial score (nSPS) is 10.8. The lowest BCUT2D eigenvalue weighted by Crippen LogP contribution is -1.90. The van der Waals surface area contributed by atoms with E-state index in [2.05, 4.69) is 20.9 Å². The van der Waals surface area contributed by atoms with Gasteiger partial charge in [-0.3, -0.25) is 0 Å². The number of benzene rings is 1. The molecule has 0 aliphatic carbocycles. The quantitative estimate of drug-likeness (QED) is 0.732. The highest BCUT2D eigenvalue weighted by molar-refractivity contribution is 9.10. The predicted octanol–water partition coefficient (Wildman–Crippen LogP) is 3.78. The maximum absolute atomic E-state index is 5.42. The Morgan fingerprint density at radius 2 is 1.90 bits per heavy atom. The van der Waals surface area contributed by atoms with Crippen LogP contribution >= 0.6 is 15.9 Å². The molecule has 102 valence electrons. The fraction of sp³-hybridized carbons (Fsp3) is 0.133. The van der Waals surface area contributed by atoms with Crippen LogP contribution in [0.4, 0.5) is 0 Å². The third-order valence-electron chi connectivity index (χ3n) is 3.10. The van der Waals surface area contributed by atoms with Gasteiger partial charge in [0, 0.05) is 28.5 Å². The second-order valence-corrected chi connectivity index (χ2v) is 5.22. The van der Waals surface area contributed by atoms with Gasteiger partial charge in [0.15, 0.2) is 0 Å². The molecule has 2 heterocycles. The van der Waals surface area contributed by atoms with Crippen molar-refractivity contribution in [2.75, 3.05) is 14.2 Å². The standard InChI is InChI=1S/C15H13BrN2O2/c1-19-11-4-5-12(14(7-11)20-2)13-9-18-8-10(16)3-6-15(18)17-13/h3-9H,1-2H3. The Kier molecular flexibility index (Phi) is 3.36. The van der Waals surface area contributed by atoms with E-state index in [0.717, 1.165) is 32.9 Å². The maximum atomic E-state index is 5.42. The summed E-state index contributed by atoms with van der Waals surface area (Å²) in [6.07, 6.45) is 3.95. The number of ether oxygens (including phenoxy) is 2. The molecule has 0 N–H and O–H groups in total. The third kappa shape index (κ3) is 2.25. The van der Waals surface area contributed by atoms with Crippen LogP contribution < -0.4 is 9.47 Å². The van der Waals surface area contributed by atoms with Crippen LogP contribution in [-0.2, 0) is 0 Å². The van der Waals surface area contributed by atoms with Crippen LogP contribution in [0.2, 0.25) is 0 Å². The number of methoxy groups -OCH3 is 2. The molecule has 0 amide bonds. The molecule has 2 aromatic heterocycles. The molecule has 1 aromatic carbocycles. The summed E-state index contributed by atoms with van der Waals surface area (Å²) >= 11 is 3.46. The molecule has 0 bridgehead atoms.